The van der Waals surface area contributed by atoms with Crippen LogP contribution < -0.4 is 0 Å². The zero-order chi connectivity index (χ0) is 25.4. The molecule has 35 heavy (non-hydrogen) atoms. The Kier molecular flexibility index (Phi) is 6.78. The van der Waals surface area contributed by atoms with E-state index in [9.17, 15) is 9.90 Å². The van der Waals surface area contributed by atoms with Gasteiger partial charge in [0.15, 0.2) is 0 Å². The molecule has 0 radical (unpaired) electrons. The van der Waals surface area contributed by atoms with Gasteiger partial charge in [-0.05, 0) is 60.2 Å². The SMILES string of the molecule is C/C(=C(/O)CCC=O)c1ccc(C2(c3cc4c(cc3C)C(C)(C)C=CC4(C)C)OCCCO2)nc1. The predicted molar refractivity (Wildman–Crippen MR) is 138 cm³/mol. The number of aldehydes is 1. The molecule has 1 aliphatic carbocycles. The molecular formula is C30H37NO4. The largest absolute Gasteiger partial charge is 0.512 e. The summed E-state index contributed by atoms with van der Waals surface area (Å²) in [7, 11) is 0. The Labute approximate surface area is 208 Å². The minimum atomic E-state index is -1.09. The van der Waals surface area contributed by atoms with Crippen molar-refractivity contribution in [2.75, 3.05) is 13.2 Å². The van der Waals surface area contributed by atoms with Crippen molar-refractivity contribution in [3.05, 3.63) is 81.9 Å². The van der Waals surface area contributed by atoms with Gasteiger partial charge in [-0.15, -0.1) is 0 Å². The molecule has 0 unspecified atom stereocenters. The van der Waals surface area contributed by atoms with Crippen LogP contribution >= 0.6 is 0 Å². The molecule has 1 fully saturated rings. The molecule has 2 aliphatic rings. The number of aliphatic hydroxyl groups is 1. The Morgan fingerprint density at radius 1 is 1.03 bits per heavy atom. The lowest BCUT2D eigenvalue weighted by Crippen LogP contribution is -2.41. The van der Waals surface area contributed by atoms with Crippen molar-refractivity contribution in [1.82, 2.24) is 4.98 Å². The van der Waals surface area contributed by atoms with Crippen molar-refractivity contribution in [2.24, 2.45) is 0 Å². The number of nitrogens with zero attached hydrogens (tertiary/aromatic N) is 1. The summed E-state index contributed by atoms with van der Waals surface area (Å²) < 4.78 is 12.9. The van der Waals surface area contributed by atoms with E-state index >= 15 is 0 Å². The van der Waals surface area contributed by atoms with E-state index < -0.39 is 5.79 Å². The van der Waals surface area contributed by atoms with Crippen LogP contribution in [-0.2, 0) is 30.9 Å². The number of fused-ring (bicyclic) bond motifs is 1. The van der Waals surface area contributed by atoms with Gasteiger partial charge in [0.2, 0.25) is 5.79 Å². The average molecular weight is 476 g/mol. The average Bonchev–Trinajstić information content (AvgIpc) is 2.85. The highest BCUT2D eigenvalue weighted by atomic mass is 16.7. The van der Waals surface area contributed by atoms with E-state index in [1.165, 1.54) is 11.1 Å². The first-order chi connectivity index (χ1) is 16.5. The number of pyridine rings is 1. The van der Waals surface area contributed by atoms with Crippen LogP contribution in [0.4, 0.5) is 0 Å². The maximum absolute atomic E-state index is 10.7. The molecule has 2 heterocycles. The summed E-state index contributed by atoms with van der Waals surface area (Å²) in [5.41, 5.74) is 6.74. The summed E-state index contributed by atoms with van der Waals surface area (Å²) in [4.78, 5) is 15.4. The van der Waals surface area contributed by atoms with E-state index in [1.807, 2.05) is 19.1 Å². The molecule has 4 rings (SSSR count). The number of aliphatic hydroxyl groups excluding tert-OH is 1. The maximum atomic E-state index is 10.7. The van der Waals surface area contributed by atoms with Crippen molar-refractivity contribution in [1.29, 1.82) is 0 Å². The number of aromatic nitrogens is 1. The summed E-state index contributed by atoms with van der Waals surface area (Å²) in [6.07, 6.45) is 8.60. The Morgan fingerprint density at radius 3 is 2.23 bits per heavy atom. The number of carbonyl (C=O) groups excluding carboxylic acids is 1. The number of hydrogen-bond donors (Lipinski definition) is 1. The molecule has 1 aromatic carbocycles. The predicted octanol–water partition coefficient (Wildman–Crippen LogP) is 6.42. The number of allylic oxidation sites excluding steroid dienone is 4. The van der Waals surface area contributed by atoms with E-state index in [0.29, 0.717) is 37.3 Å². The first kappa shape index (κ1) is 25.3. The molecule has 5 heteroatoms. The molecule has 5 nitrogen and oxygen atoms in total. The fourth-order valence-electron chi connectivity index (χ4n) is 5.06. The monoisotopic (exact) mass is 475 g/mol. The van der Waals surface area contributed by atoms with Gasteiger partial charge in [0.1, 0.15) is 12.0 Å². The van der Waals surface area contributed by atoms with Crippen molar-refractivity contribution in [3.8, 4) is 0 Å². The highest BCUT2D eigenvalue weighted by Crippen LogP contribution is 2.46. The molecule has 2 aromatic rings. The Bertz CT molecular complexity index is 1170. The van der Waals surface area contributed by atoms with Crippen LogP contribution in [0.5, 0.6) is 0 Å². The van der Waals surface area contributed by atoms with Gasteiger partial charge in [-0.25, -0.2) is 0 Å². The topological polar surface area (TPSA) is 68.7 Å². The Hall–Kier alpha value is -2.76. The van der Waals surface area contributed by atoms with Gasteiger partial charge in [-0.3, -0.25) is 4.98 Å². The van der Waals surface area contributed by atoms with Gasteiger partial charge in [0.25, 0.3) is 0 Å². The molecule has 186 valence electrons. The van der Waals surface area contributed by atoms with Crippen LogP contribution in [0.3, 0.4) is 0 Å². The zero-order valence-electron chi connectivity index (χ0n) is 21.8. The van der Waals surface area contributed by atoms with Crippen LogP contribution in [0.15, 0.2) is 48.4 Å². The molecule has 0 atom stereocenters. The summed E-state index contributed by atoms with van der Waals surface area (Å²) in [6.45, 7) is 14.1. The van der Waals surface area contributed by atoms with Gasteiger partial charge >= 0.3 is 0 Å². The van der Waals surface area contributed by atoms with Gasteiger partial charge < -0.3 is 19.4 Å². The van der Waals surface area contributed by atoms with Crippen LogP contribution in [0, 0.1) is 6.92 Å². The van der Waals surface area contributed by atoms with E-state index in [2.05, 4.69) is 58.9 Å². The molecule has 0 bridgehead atoms. The molecule has 0 saturated carbocycles. The third-order valence-electron chi connectivity index (χ3n) is 7.39. The zero-order valence-corrected chi connectivity index (χ0v) is 21.8. The molecule has 1 saturated heterocycles. The van der Waals surface area contributed by atoms with Gasteiger partial charge in [0, 0.05) is 35.4 Å². The third kappa shape index (κ3) is 4.60. The van der Waals surface area contributed by atoms with E-state index in [4.69, 9.17) is 14.5 Å². The Morgan fingerprint density at radius 2 is 1.66 bits per heavy atom. The number of carbonyl (C=O) groups is 1. The Balaban J connectivity index is 1.82. The van der Waals surface area contributed by atoms with Crippen LogP contribution in [0.1, 0.15) is 87.4 Å². The second-order valence-electron chi connectivity index (χ2n) is 10.9. The first-order valence-electron chi connectivity index (χ1n) is 12.5. The fraction of sp³-hybridized carbons (Fsp3) is 0.467. The van der Waals surface area contributed by atoms with E-state index in [-0.39, 0.29) is 16.6 Å². The summed E-state index contributed by atoms with van der Waals surface area (Å²) in [5, 5.41) is 10.3. The highest BCUT2D eigenvalue weighted by molar-refractivity contribution is 5.65. The lowest BCUT2D eigenvalue weighted by atomic mass is 9.66. The van der Waals surface area contributed by atoms with Crippen LogP contribution in [0.25, 0.3) is 5.57 Å². The quantitative estimate of drug-likeness (QED) is 0.297. The van der Waals surface area contributed by atoms with Crippen molar-refractivity contribution in [3.63, 3.8) is 0 Å². The number of hydrogen-bond acceptors (Lipinski definition) is 5. The van der Waals surface area contributed by atoms with Crippen molar-refractivity contribution in [2.45, 2.75) is 77.4 Å². The number of ether oxygens (including phenoxy) is 2. The minimum absolute atomic E-state index is 0.0504. The second-order valence-corrected chi connectivity index (χ2v) is 10.9. The molecule has 1 aliphatic heterocycles. The minimum Gasteiger partial charge on any atom is -0.512 e. The fourth-order valence-corrected chi connectivity index (χ4v) is 5.06. The smallest absolute Gasteiger partial charge is 0.240 e. The van der Waals surface area contributed by atoms with Crippen LogP contribution in [0.2, 0.25) is 0 Å². The summed E-state index contributed by atoms with van der Waals surface area (Å²) in [6, 6.07) is 8.39. The number of rotatable bonds is 6. The first-order valence-corrected chi connectivity index (χ1v) is 12.5. The van der Waals surface area contributed by atoms with Crippen LogP contribution in [-0.4, -0.2) is 29.6 Å². The number of benzene rings is 1. The van der Waals surface area contributed by atoms with E-state index in [0.717, 1.165) is 29.4 Å². The van der Waals surface area contributed by atoms with Gasteiger partial charge in [-0.2, -0.15) is 0 Å². The second kappa shape index (κ2) is 9.36. The molecular weight excluding hydrogens is 438 g/mol. The standard InChI is InChI=1S/C30H37NO4/c1-20-17-24-25(29(5,6)13-12-28(24,3)4)18-23(20)30(34-15-8-16-35-30)27-11-10-22(19-31-27)21(2)26(33)9-7-14-32/h10-14,17-19,33H,7-9,15-16H2,1-6H3/b26-21-. The third-order valence-corrected chi connectivity index (χ3v) is 7.39. The maximum Gasteiger partial charge on any atom is 0.240 e. The summed E-state index contributed by atoms with van der Waals surface area (Å²) in [5.74, 6) is -0.885. The lowest BCUT2D eigenvalue weighted by Gasteiger charge is -2.41. The highest BCUT2D eigenvalue weighted by Gasteiger charge is 2.44. The molecule has 1 N–H and O–H groups in total. The van der Waals surface area contributed by atoms with Gasteiger partial charge in [0.05, 0.1) is 19.0 Å². The number of aryl methyl sites for hydroxylation is 1. The molecule has 0 spiro atoms. The molecule has 0 amide bonds. The van der Waals surface area contributed by atoms with E-state index in [1.54, 1.807) is 6.20 Å². The molecule has 1 aromatic heterocycles. The normalized spacial score (nSPS) is 20.6. The summed E-state index contributed by atoms with van der Waals surface area (Å²) >= 11 is 0. The lowest BCUT2D eigenvalue weighted by molar-refractivity contribution is -0.251. The van der Waals surface area contributed by atoms with Crippen molar-refractivity contribution >= 4 is 11.9 Å². The van der Waals surface area contributed by atoms with Gasteiger partial charge in [-0.1, -0.05) is 52.0 Å². The van der Waals surface area contributed by atoms with Crippen molar-refractivity contribution < 1.29 is 19.4 Å².